The molecule has 4 heteroatoms. The van der Waals surface area contributed by atoms with E-state index < -0.39 is 0 Å². The summed E-state index contributed by atoms with van der Waals surface area (Å²) in [6.07, 6.45) is 4.01. The second-order valence-corrected chi connectivity index (χ2v) is 6.53. The van der Waals surface area contributed by atoms with Crippen LogP contribution in [-0.2, 0) is 4.79 Å². The van der Waals surface area contributed by atoms with Crippen molar-refractivity contribution in [1.82, 2.24) is 15.5 Å². The van der Waals surface area contributed by atoms with Crippen LogP contribution in [0.2, 0.25) is 0 Å². The van der Waals surface area contributed by atoms with E-state index in [1.165, 1.54) is 19.3 Å². The number of nitrogens with one attached hydrogen (secondary N) is 2. The smallest absolute Gasteiger partial charge is 0.238 e. The second-order valence-electron chi connectivity index (χ2n) is 6.53. The molecule has 1 amide bonds. The molecule has 4 nitrogen and oxygen atoms in total. The molecular formula is C14H27N3O. The fourth-order valence-corrected chi connectivity index (χ4v) is 2.87. The highest BCUT2D eigenvalue weighted by Crippen LogP contribution is 2.41. The predicted octanol–water partition coefficient (Wildman–Crippen LogP) is 0.832. The molecule has 1 unspecified atom stereocenters. The molecule has 1 atom stereocenters. The Morgan fingerprint density at radius 2 is 2.17 bits per heavy atom. The Bertz CT molecular complexity index is 299. The number of nitrogens with zero attached hydrogens (tertiary/aromatic N) is 1. The van der Waals surface area contributed by atoms with Gasteiger partial charge in [-0.05, 0) is 31.2 Å². The highest BCUT2D eigenvalue weighted by Gasteiger charge is 2.35. The maximum Gasteiger partial charge on any atom is 0.238 e. The molecular weight excluding hydrogens is 226 g/mol. The monoisotopic (exact) mass is 253 g/mol. The highest BCUT2D eigenvalue weighted by atomic mass is 16.2. The summed E-state index contributed by atoms with van der Waals surface area (Å²) < 4.78 is 0. The van der Waals surface area contributed by atoms with Gasteiger partial charge in [0.2, 0.25) is 5.91 Å². The van der Waals surface area contributed by atoms with Crippen molar-refractivity contribution in [3.05, 3.63) is 0 Å². The first-order valence-corrected chi connectivity index (χ1v) is 7.19. The molecule has 1 aliphatic carbocycles. The first-order chi connectivity index (χ1) is 8.50. The van der Waals surface area contributed by atoms with Gasteiger partial charge >= 0.3 is 0 Å². The molecule has 0 spiro atoms. The molecule has 0 radical (unpaired) electrons. The summed E-state index contributed by atoms with van der Waals surface area (Å²) in [4.78, 5) is 14.3. The number of amides is 1. The number of carbonyl (C=O) groups excluding carboxylic acids is 1. The van der Waals surface area contributed by atoms with Crippen LogP contribution in [0.15, 0.2) is 0 Å². The van der Waals surface area contributed by atoms with Gasteiger partial charge in [0.25, 0.3) is 0 Å². The lowest BCUT2D eigenvalue weighted by Crippen LogP contribution is -2.57. The summed E-state index contributed by atoms with van der Waals surface area (Å²) in [6, 6.07) is -0.00376. The van der Waals surface area contributed by atoms with Crippen LogP contribution in [0, 0.1) is 11.3 Å². The Hall–Kier alpha value is -0.610. The topological polar surface area (TPSA) is 44.4 Å². The second kappa shape index (κ2) is 5.57. The molecule has 2 aliphatic rings. The SMILES string of the molecule is CN1CCNCC1C(=O)NCC(C)(C)C1CCC1. The number of likely N-dealkylation sites (N-methyl/N-ethyl adjacent to an activating group) is 1. The average molecular weight is 253 g/mol. The molecule has 0 aromatic heterocycles. The number of hydrogen-bond donors (Lipinski definition) is 2. The molecule has 1 heterocycles. The zero-order chi connectivity index (χ0) is 13.2. The number of carbonyl (C=O) groups is 1. The Kier molecular flexibility index (Phi) is 4.28. The average Bonchev–Trinajstić information content (AvgIpc) is 2.23. The summed E-state index contributed by atoms with van der Waals surface area (Å²) in [5.41, 5.74) is 0.245. The van der Waals surface area contributed by atoms with E-state index in [1.807, 2.05) is 7.05 Å². The maximum atomic E-state index is 12.2. The van der Waals surface area contributed by atoms with Crippen LogP contribution in [0.1, 0.15) is 33.1 Å². The van der Waals surface area contributed by atoms with E-state index in [9.17, 15) is 4.79 Å². The Labute approximate surface area is 110 Å². The van der Waals surface area contributed by atoms with Crippen molar-refractivity contribution in [2.75, 3.05) is 33.2 Å². The van der Waals surface area contributed by atoms with Crippen LogP contribution in [0.5, 0.6) is 0 Å². The molecule has 0 bridgehead atoms. The third-order valence-corrected chi connectivity index (χ3v) is 4.74. The fourth-order valence-electron chi connectivity index (χ4n) is 2.87. The van der Waals surface area contributed by atoms with Crippen molar-refractivity contribution in [2.45, 2.75) is 39.2 Å². The summed E-state index contributed by atoms with van der Waals surface area (Å²) in [7, 11) is 2.03. The van der Waals surface area contributed by atoms with Crippen molar-refractivity contribution in [3.8, 4) is 0 Å². The lowest BCUT2D eigenvalue weighted by Gasteiger charge is -2.41. The molecule has 2 rings (SSSR count). The molecule has 104 valence electrons. The summed E-state index contributed by atoms with van der Waals surface area (Å²) in [5.74, 6) is 0.970. The zero-order valence-electron chi connectivity index (χ0n) is 12.0. The van der Waals surface area contributed by atoms with Crippen LogP contribution in [-0.4, -0.2) is 50.1 Å². The maximum absolute atomic E-state index is 12.2. The van der Waals surface area contributed by atoms with Crippen molar-refractivity contribution < 1.29 is 4.79 Å². The molecule has 1 saturated carbocycles. The van der Waals surface area contributed by atoms with Crippen LogP contribution in [0.3, 0.4) is 0 Å². The van der Waals surface area contributed by atoms with Gasteiger partial charge in [-0.25, -0.2) is 0 Å². The number of piperazine rings is 1. The Balaban J connectivity index is 1.80. The van der Waals surface area contributed by atoms with E-state index in [1.54, 1.807) is 0 Å². The van der Waals surface area contributed by atoms with Crippen LogP contribution in [0.25, 0.3) is 0 Å². The fraction of sp³-hybridized carbons (Fsp3) is 0.929. The van der Waals surface area contributed by atoms with E-state index >= 15 is 0 Å². The van der Waals surface area contributed by atoms with Gasteiger partial charge < -0.3 is 10.6 Å². The van der Waals surface area contributed by atoms with Crippen molar-refractivity contribution >= 4 is 5.91 Å². The molecule has 0 aromatic rings. The van der Waals surface area contributed by atoms with Crippen LogP contribution < -0.4 is 10.6 Å². The molecule has 1 aliphatic heterocycles. The van der Waals surface area contributed by atoms with Gasteiger partial charge in [0.15, 0.2) is 0 Å². The lowest BCUT2D eigenvalue weighted by atomic mass is 9.67. The van der Waals surface area contributed by atoms with Crippen molar-refractivity contribution in [1.29, 1.82) is 0 Å². The molecule has 1 saturated heterocycles. The quantitative estimate of drug-likeness (QED) is 0.780. The molecule has 2 N–H and O–H groups in total. The normalized spacial score (nSPS) is 26.7. The molecule has 18 heavy (non-hydrogen) atoms. The predicted molar refractivity (Wildman–Crippen MR) is 73.4 cm³/mol. The van der Waals surface area contributed by atoms with Crippen molar-refractivity contribution in [3.63, 3.8) is 0 Å². The van der Waals surface area contributed by atoms with Gasteiger partial charge in [-0.3, -0.25) is 9.69 Å². The Morgan fingerprint density at radius 3 is 2.72 bits per heavy atom. The minimum Gasteiger partial charge on any atom is -0.354 e. The van der Waals surface area contributed by atoms with Crippen molar-refractivity contribution in [2.24, 2.45) is 11.3 Å². The first-order valence-electron chi connectivity index (χ1n) is 7.19. The van der Waals surface area contributed by atoms with E-state index in [-0.39, 0.29) is 17.4 Å². The third-order valence-electron chi connectivity index (χ3n) is 4.74. The number of hydrogen-bond acceptors (Lipinski definition) is 3. The Morgan fingerprint density at radius 1 is 1.44 bits per heavy atom. The molecule has 0 aromatic carbocycles. The van der Waals surface area contributed by atoms with E-state index in [0.717, 1.165) is 32.1 Å². The van der Waals surface area contributed by atoms with Crippen LogP contribution in [0.4, 0.5) is 0 Å². The van der Waals surface area contributed by atoms with Gasteiger partial charge in [0, 0.05) is 26.2 Å². The summed E-state index contributed by atoms with van der Waals surface area (Å²) in [6.45, 7) is 8.06. The van der Waals surface area contributed by atoms with E-state index in [4.69, 9.17) is 0 Å². The van der Waals surface area contributed by atoms with E-state index in [2.05, 4.69) is 29.4 Å². The minimum atomic E-state index is -0.00376. The standard InChI is InChI=1S/C14H27N3O/c1-14(2,11-5-4-6-11)10-16-13(18)12-9-15-7-8-17(12)3/h11-12,15H,4-10H2,1-3H3,(H,16,18). The van der Waals surface area contributed by atoms with Gasteiger partial charge in [-0.1, -0.05) is 20.3 Å². The van der Waals surface area contributed by atoms with Gasteiger partial charge in [-0.15, -0.1) is 0 Å². The largest absolute Gasteiger partial charge is 0.354 e. The summed E-state index contributed by atoms with van der Waals surface area (Å²) in [5, 5.41) is 6.44. The molecule has 2 fully saturated rings. The number of rotatable bonds is 4. The minimum absolute atomic E-state index is 0.00376. The lowest BCUT2D eigenvalue weighted by molar-refractivity contribution is -0.127. The first kappa shape index (κ1) is 13.8. The van der Waals surface area contributed by atoms with E-state index in [0.29, 0.717) is 0 Å². The summed E-state index contributed by atoms with van der Waals surface area (Å²) >= 11 is 0. The van der Waals surface area contributed by atoms with Gasteiger partial charge in [-0.2, -0.15) is 0 Å². The third kappa shape index (κ3) is 3.04. The van der Waals surface area contributed by atoms with Gasteiger partial charge in [0.05, 0.1) is 0 Å². The van der Waals surface area contributed by atoms with Crippen LogP contribution >= 0.6 is 0 Å². The highest BCUT2D eigenvalue weighted by molar-refractivity contribution is 5.82. The van der Waals surface area contributed by atoms with Gasteiger partial charge in [0.1, 0.15) is 6.04 Å². The zero-order valence-corrected chi connectivity index (χ0v) is 12.0.